The van der Waals surface area contributed by atoms with Gasteiger partial charge in [0, 0.05) is 16.5 Å². The second kappa shape index (κ2) is 6.92. The molecule has 3 aromatic carbocycles. The number of benzene rings is 3. The Morgan fingerprint density at radius 3 is 2.00 bits per heavy atom. The highest BCUT2D eigenvalue weighted by Gasteiger charge is 2.23. The van der Waals surface area contributed by atoms with E-state index in [4.69, 9.17) is 0 Å². The molecular formula is C26H25N. The number of para-hydroxylation sites is 1. The molecule has 0 saturated carbocycles. The van der Waals surface area contributed by atoms with Crippen LogP contribution in [0.4, 0.5) is 0 Å². The number of fused-ring (bicyclic) bond motifs is 1. The first-order valence-corrected chi connectivity index (χ1v) is 9.47. The summed E-state index contributed by atoms with van der Waals surface area (Å²) in [5.74, 6) is 0. The van der Waals surface area contributed by atoms with Crippen molar-refractivity contribution in [2.45, 2.75) is 26.2 Å². The molecule has 0 bridgehead atoms. The van der Waals surface area contributed by atoms with Gasteiger partial charge in [-0.2, -0.15) is 0 Å². The normalized spacial score (nSPS) is 12.5. The van der Waals surface area contributed by atoms with Crippen LogP contribution in [0.3, 0.4) is 0 Å². The van der Waals surface area contributed by atoms with Crippen LogP contribution in [-0.4, -0.2) is 4.57 Å². The molecule has 0 aliphatic rings. The molecule has 0 unspecified atom stereocenters. The lowest BCUT2D eigenvalue weighted by molar-refractivity contribution is 0.562. The van der Waals surface area contributed by atoms with Gasteiger partial charge in [0.15, 0.2) is 0 Å². The Labute approximate surface area is 161 Å². The molecule has 0 fully saturated rings. The molecule has 0 amide bonds. The minimum Gasteiger partial charge on any atom is -0.312 e. The quantitative estimate of drug-likeness (QED) is 0.351. The highest BCUT2D eigenvalue weighted by Crippen LogP contribution is 2.35. The van der Waals surface area contributed by atoms with Crippen molar-refractivity contribution in [3.05, 3.63) is 108 Å². The van der Waals surface area contributed by atoms with E-state index in [1.807, 2.05) is 0 Å². The molecule has 4 rings (SSSR count). The Morgan fingerprint density at radius 1 is 0.741 bits per heavy atom. The molecule has 1 nitrogen and oxygen atoms in total. The number of aromatic nitrogens is 1. The van der Waals surface area contributed by atoms with E-state index in [1.165, 1.54) is 33.4 Å². The van der Waals surface area contributed by atoms with E-state index in [0.717, 1.165) is 0 Å². The molecule has 0 N–H and O–H groups in total. The molecule has 134 valence electrons. The highest BCUT2D eigenvalue weighted by atomic mass is 15.0. The summed E-state index contributed by atoms with van der Waals surface area (Å²) in [5, 5.41) is 1.28. The van der Waals surface area contributed by atoms with Crippen LogP contribution in [0, 0.1) is 0 Å². The lowest BCUT2D eigenvalue weighted by Crippen LogP contribution is -2.17. The number of rotatable bonds is 3. The highest BCUT2D eigenvalue weighted by molar-refractivity contribution is 5.92. The van der Waals surface area contributed by atoms with Gasteiger partial charge in [0.25, 0.3) is 0 Å². The predicted octanol–water partition coefficient (Wildman–Crippen LogP) is 6.99. The van der Waals surface area contributed by atoms with Crippen molar-refractivity contribution in [2.24, 2.45) is 0 Å². The van der Waals surface area contributed by atoms with E-state index in [9.17, 15) is 0 Å². The molecule has 0 spiro atoms. The van der Waals surface area contributed by atoms with Gasteiger partial charge in [-0.05, 0) is 29.3 Å². The van der Waals surface area contributed by atoms with E-state index >= 15 is 0 Å². The fraction of sp³-hybridized carbons (Fsp3) is 0.154. The maximum Gasteiger partial charge on any atom is 0.0537 e. The molecular weight excluding hydrogens is 326 g/mol. The van der Waals surface area contributed by atoms with Crippen LogP contribution in [0.25, 0.3) is 22.7 Å². The molecule has 0 atom stereocenters. The average molecular weight is 351 g/mol. The lowest BCUT2D eigenvalue weighted by Gasteiger charge is -2.24. The molecule has 0 saturated heterocycles. The molecule has 0 radical (unpaired) electrons. The van der Waals surface area contributed by atoms with E-state index < -0.39 is 0 Å². The molecule has 1 aromatic heterocycles. The average Bonchev–Trinajstić information content (AvgIpc) is 3.07. The van der Waals surface area contributed by atoms with Gasteiger partial charge < -0.3 is 4.57 Å². The molecule has 27 heavy (non-hydrogen) atoms. The molecule has 1 heteroatoms. The summed E-state index contributed by atoms with van der Waals surface area (Å²) >= 11 is 0. The van der Waals surface area contributed by atoms with Gasteiger partial charge in [0.05, 0.1) is 11.2 Å². The van der Waals surface area contributed by atoms with Gasteiger partial charge in [-0.1, -0.05) is 99.6 Å². The van der Waals surface area contributed by atoms with Gasteiger partial charge in [0.1, 0.15) is 0 Å². The van der Waals surface area contributed by atoms with Gasteiger partial charge in [-0.25, -0.2) is 0 Å². The van der Waals surface area contributed by atoms with Gasteiger partial charge in [-0.15, -0.1) is 0 Å². The Kier molecular flexibility index (Phi) is 4.45. The maximum absolute atomic E-state index is 2.43. The zero-order chi connectivity index (χ0) is 18.9. The van der Waals surface area contributed by atoms with Gasteiger partial charge in [0.2, 0.25) is 0 Å². The SMILES string of the molecule is CC(C)(C)c1cc2ccccc2n1/C(=C/c1ccccc1)c1ccccc1. The fourth-order valence-corrected chi connectivity index (χ4v) is 3.56. The first-order valence-electron chi connectivity index (χ1n) is 9.47. The van der Waals surface area contributed by atoms with Crippen LogP contribution in [0.2, 0.25) is 0 Å². The number of hydrogen-bond acceptors (Lipinski definition) is 0. The lowest BCUT2D eigenvalue weighted by atomic mass is 9.91. The third-order valence-electron chi connectivity index (χ3n) is 4.89. The standard InChI is InChI=1S/C26H25N/c1-26(2,3)25-19-22-16-10-11-17-23(22)27(25)24(21-14-8-5-9-15-21)18-20-12-6-4-7-13-20/h4-19H,1-3H3/b24-18+. The Morgan fingerprint density at radius 2 is 1.33 bits per heavy atom. The topological polar surface area (TPSA) is 4.93 Å². The molecule has 0 aliphatic heterocycles. The summed E-state index contributed by atoms with van der Waals surface area (Å²) in [6.07, 6.45) is 2.29. The van der Waals surface area contributed by atoms with Crippen molar-refractivity contribution in [2.75, 3.05) is 0 Å². The Bertz CT molecular complexity index is 1080. The predicted molar refractivity (Wildman–Crippen MR) is 117 cm³/mol. The summed E-state index contributed by atoms with van der Waals surface area (Å²) in [6, 6.07) is 32.2. The van der Waals surface area contributed by atoms with Crippen LogP contribution in [-0.2, 0) is 5.41 Å². The van der Waals surface area contributed by atoms with E-state index in [0.29, 0.717) is 0 Å². The minimum atomic E-state index is 0.0313. The molecule has 1 heterocycles. The van der Waals surface area contributed by atoms with Crippen LogP contribution in [0.1, 0.15) is 37.6 Å². The Hall–Kier alpha value is -3.06. The summed E-state index contributed by atoms with van der Waals surface area (Å²) in [4.78, 5) is 0. The van der Waals surface area contributed by atoms with Crippen molar-refractivity contribution < 1.29 is 0 Å². The third-order valence-corrected chi connectivity index (χ3v) is 4.89. The summed E-state index contributed by atoms with van der Waals surface area (Å²) in [6.45, 7) is 6.84. The van der Waals surface area contributed by atoms with Gasteiger partial charge >= 0.3 is 0 Å². The van der Waals surface area contributed by atoms with Crippen molar-refractivity contribution >= 4 is 22.7 Å². The number of nitrogens with zero attached hydrogens (tertiary/aromatic N) is 1. The van der Waals surface area contributed by atoms with Crippen LogP contribution in [0.5, 0.6) is 0 Å². The summed E-state index contributed by atoms with van der Waals surface area (Å²) in [5.41, 5.74) is 6.21. The van der Waals surface area contributed by atoms with E-state index in [2.05, 4.69) is 122 Å². The van der Waals surface area contributed by atoms with E-state index in [1.54, 1.807) is 0 Å². The van der Waals surface area contributed by atoms with E-state index in [-0.39, 0.29) is 5.41 Å². The van der Waals surface area contributed by atoms with Crippen molar-refractivity contribution in [1.82, 2.24) is 4.57 Å². The van der Waals surface area contributed by atoms with Crippen LogP contribution >= 0.6 is 0 Å². The minimum absolute atomic E-state index is 0.0313. The maximum atomic E-state index is 2.43. The van der Waals surface area contributed by atoms with Crippen molar-refractivity contribution in [3.8, 4) is 0 Å². The first-order chi connectivity index (χ1) is 13.0. The monoisotopic (exact) mass is 351 g/mol. The molecule has 0 aliphatic carbocycles. The van der Waals surface area contributed by atoms with Crippen molar-refractivity contribution in [3.63, 3.8) is 0 Å². The van der Waals surface area contributed by atoms with Crippen LogP contribution < -0.4 is 0 Å². The zero-order valence-electron chi connectivity index (χ0n) is 16.2. The first kappa shape index (κ1) is 17.4. The summed E-state index contributed by atoms with van der Waals surface area (Å²) in [7, 11) is 0. The third kappa shape index (κ3) is 3.46. The Balaban J connectivity index is 2.06. The van der Waals surface area contributed by atoms with Crippen molar-refractivity contribution in [1.29, 1.82) is 0 Å². The van der Waals surface area contributed by atoms with Gasteiger partial charge in [-0.3, -0.25) is 0 Å². The fourth-order valence-electron chi connectivity index (χ4n) is 3.56. The second-order valence-electron chi connectivity index (χ2n) is 7.98. The number of hydrogen-bond donors (Lipinski definition) is 0. The smallest absolute Gasteiger partial charge is 0.0537 e. The van der Waals surface area contributed by atoms with Crippen LogP contribution in [0.15, 0.2) is 91.0 Å². The molecule has 4 aromatic rings. The second-order valence-corrected chi connectivity index (χ2v) is 7.98. The largest absolute Gasteiger partial charge is 0.312 e. The zero-order valence-corrected chi connectivity index (χ0v) is 16.2. The summed E-state index contributed by atoms with van der Waals surface area (Å²) < 4.78 is 2.43.